The molecule has 0 aromatic heterocycles. The van der Waals surface area contributed by atoms with Crippen LogP contribution in [0.4, 0.5) is 0 Å². The number of benzene rings is 1. The van der Waals surface area contributed by atoms with Crippen LogP contribution in [0.25, 0.3) is 0 Å². The van der Waals surface area contributed by atoms with E-state index in [2.05, 4.69) is 56.6 Å². The van der Waals surface area contributed by atoms with E-state index in [1.807, 2.05) is 0 Å². The Labute approximate surface area is 114 Å². The molecule has 3 heteroatoms. The lowest BCUT2D eigenvalue weighted by Crippen LogP contribution is -2.11. The van der Waals surface area contributed by atoms with Crippen molar-refractivity contribution in [3.63, 3.8) is 0 Å². The van der Waals surface area contributed by atoms with E-state index < -0.39 is 0 Å². The monoisotopic (exact) mass is 262 g/mol. The molecule has 0 amide bonds. The molecule has 0 spiro atoms. The van der Waals surface area contributed by atoms with Gasteiger partial charge in [-0.2, -0.15) is 0 Å². The standard InChI is InChI=1S/C15H22N2S/c1-5-10-17-14(16)18-11-12-6-8-13(9-7-12)15(2,3)4/h5-9H,1,10-11H2,2-4H3,(H2,16,17). The van der Waals surface area contributed by atoms with Crippen molar-refractivity contribution in [3.8, 4) is 0 Å². The van der Waals surface area contributed by atoms with Crippen LogP contribution in [0.15, 0.2) is 41.9 Å². The summed E-state index contributed by atoms with van der Waals surface area (Å²) in [5.41, 5.74) is 8.60. The van der Waals surface area contributed by atoms with E-state index in [0.29, 0.717) is 11.7 Å². The van der Waals surface area contributed by atoms with E-state index >= 15 is 0 Å². The molecule has 0 unspecified atom stereocenters. The largest absolute Gasteiger partial charge is 0.379 e. The van der Waals surface area contributed by atoms with Crippen LogP contribution >= 0.6 is 11.8 Å². The van der Waals surface area contributed by atoms with Crippen molar-refractivity contribution in [2.24, 2.45) is 10.7 Å². The number of aliphatic imine (C=N–C) groups is 1. The van der Waals surface area contributed by atoms with Crippen LogP contribution in [0.3, 0.4) is 0 Å². The molecule has 0 aliphatic rings. The molecule has 2 N–H and O–H groups in total. The van der Waals surface area contributed by atoms with Gasteiger partial charge in [0.1, 0.15) is 0 Å². The minimum absolute atomic E-state index is 0.204. The van der Waals surface area contributed by atoms with E-state index in [4.69, 9.17) is 5.73 Å². The summed E-state index contributed by atoms with van der Waals surface area (Å²) in [4.78, 5) is 4.15. The van der Waals surface area contributed by atoms with Crippen molar-refractivity contribution in [1.29, 1.82) is 0 Å². The van der Waals surface area contributed by atoms with Crippen LogP contribution in [0.2, 0.25) is 0 Å². The number of thioether (sulfide) groups is 1. The lowest BCUT2D eigenvalue weighted by Gasteiger charge is -2.19. The van der Waals surface area contributed by atoms with E-state index in [-0.39, 0.29) is 5.41 Å². The van der Waals surface area contributed by atoms with Crippen molar-refractivity contribution < 1.29 is 0 Å². The average molecular weight is 262 g/mol. The van der Waals surface area contributed by atoms with Crippen molar-refractivity contribution >= 4 is 16.9 Å². The number of amidine groups is 1. The molecule has 0 bridgehead atoms. The van der Waals surface area contributed by atoms with E-state index in [1.165, 1.54) is 11.1 Å². The predicted molar refractivity (Wildman–Crippen MR) is 83.1 cm³/mol. The minimum atomic E-state index is 0.204. The molecule has 0 aliphatic heterocycles. The second kappa shape index (κ2) is 6.64. The van der Waals surface area contributed by atoms with E-state index in [9.17, 15) is 0 Å². The lowest BCUT2D eigenvalue weighted by molar-refractivity contribution is 0.590. The Bertz CT molecular complexity index is 413. The molecule has 2 nitrogen and oxygen atoms in total. The maximum absolute atomic E-state index is 5.77. The van der Waals surface area contributed by atoms with Gasteiger partial charge in [0.15, 0.2) is 5.17 Å². The summed E-state index contributed by atoms with van der Waals surface area (Å²) in [5.74, 6) is 0.858. The quantitative estimate of drug-likeness (QED) is 0.510. The zero-order valence-electron chi connectivity index (χ0n) is 11.4. The third-order valence-corrected chi connectivity index (χ3v) is 3.49. The molecule has 0 fully saturated rings. The number of hydrogen-bond acceptors (Lipinski definition) is 2. The molecule has 98 valence electrons. The summed E-state index contributed by atoms with van der Waals surface area (Å²) in [6.07, 6.45) is 1.74. The Morgan fingerprint density at radius 3 is 2.44 bits per heavy atom. The maximum atomic E-state index is 5.77. The van der Waals surface area contributed by atoms with Gasteiger partial charge in [-0.05, 0) is 16.5 Å². The smallest absolute Gasteiger partial charge is 0.154 e. The summed E-state index contributed by atoms with van der Waals surface area (Å²) < 4.78 is 0. The summed E-state index contributed by atoms with van der Waals surface area (Å²) in [5, 5.41) is 0.620. The molecular formula is C15H22N2S. The molecule has 0 atom stereocenters. The highest BCUT2D eigenvalue weighted by atomic mass is 32.2. The Morgan fingerprint density at radius 1 is 1.33 bits per heavy atom. The Balaban J connectivity index is 2.57. The first kappa shape index (κ1) is 14.8. The van der Waals surface area contributed by atoms with Gasteiger partial charge >= 0.3 is 0 Å². The van der Waals surface area contributed by atoms with Gasteiger partial charge in [0.25, 0.3) is 0 Å². The SMILES string of the molecule is C=CCN=C(N)SCc1ccc(C(C)(C)C)cc1. The van der Waals surface area contributed by atoms with Crippen molar-refractivity contribution in [1.82, 2.24) is 0 Å². The zero-order chi connectivity index (χ0) is 13.6. The minimum Gasteiger partial charge on any atom is -0.379 e. The number of rotatable bonds is 4. The van der Waals surface area contributed by atoms with Gasteiger partial charge in [0.2, 0.25) is 0 Å². The second-order valence-electron chi connectivity index (χ2n) is 5.20. The molecule has 0 heterocycles. The fraction of sp³-hybridized carbons (Fsp3) is 0.400. The van der Waals surface area contributed by atoms with Crippen LogP contribution in [-0.4, -0.2) is 11.7 Å². The summed E-state index contributed by atoms with van der Waals surface area (Å²) in [6, 6.07) is 8.70. The predicted octanol–water partition coefficient (Wildman–Crippen LogP) is 3.72. The molecule has 1 rings (SSSR count). The number of nitrogens with two attached hydrogens (primary N) is 1. The third-order valence-electron chi connectivity index (χ3n) is 2.58. The second-order valence-corrected chi connectivity index (χ2v) is 6.20. The van der Waals surface area contributed by atoms with Crippen molar-refractivity contribution in [2.75, 3.05) is 6.54 Å². The first-order chi connectivity index (χ1) is 8.43. The Kier molecular flexibility index (Phi) is 5.48. The van der Waals surface area contributed by atoms with Crippen LogP contribution < -0.4 is 5.73 Å². The molecule has 18 heavy (non-hydrogen) atoms. The van der Waals surface area contributed by atoms with Crippen LogP contribution in [-0.2, 0) is 11.2 Å². The normalized spacial score (nSPS) is 12.5. The van der Waals surface area contributed by atoms with Gasteiger partial charge in [-0.15, -0.1) is 6.58 Å². The van der Waals surface area contributed by atoms with Gasteiger partial charge in [0, 0.05) is 5.75 Å². The topological polar surface area (TPSA) is 38.4 Å². The summed E-state index contributed by atoms with van der Waals surface area (Å²) in [7, 11) is 0. The molecule has 0 saturated carbocycles. The molecule has 1 aromatic carbocycles. The number of hydrogen-bond donors (Lipinski definition) is 1. The Hall–Kier alpha value is -1.22. The summed E-state index contributed by atoms with van der Waals surface area (Å²) >= 11 is 1.56. The molecule has 1 aromatic rings. The molecule has 0 radical (unpaired) electrons. The molecular weight excluding hydrogens is 240 g/mol. The van der Waals surface area contributed by atoms with Gasteiger partial charge in [-0.3, -0.25) is 4.99 Å². The first-order valence-corrected chi connectivity index (χ1v) is 7.05. The fourth-order valence-corrected chi connectivity index (χ4v) is 2.13. The van der Waals surface area contributed by atoms with E-state index in [1.54, 1.807) is 17.8 Å². The summed E-state index contributed by atoms with van der Waals surface area (Å²) in [6.45, 7) is 10.9. The van der Waals surface area contributed by atoms with Gasteiger partial charge < -0.3 is 5.73 Å². The fourth-order valence-electron chi connectivity index (χ4n) is 1.46. The lowest BCUT2D eigenvalue weighted by atomic mass is 9.87. The first-order valence-electron chi connectivity index (χ1n) is 6.06. The van der Waals surface area contributed by atoms with Gasteiger partial charge in [0.05, 0.1) is 6.54 Å². The highest BCUT2D eigenvalue weighted by molar-refractivity contribution is 8.13. The molecule has 0 aliphatic carbocycles. The highest BCUT2D eigenvalue weighted by Crippen LogP contribution is 2.23. The molecule has 0 saturated heterocycles. The highest BCUT2D eigenvalue weighted by Gasteiger charge is 2.12. The van der Waals surface area contributed by atoms with Gasteiger partial charge in [-0.25, -0.2) is 0 Å². The van der Waals surface area contributed by atoms with E-state index in [0.717, 1.165) is 5.75 Å². The van der Waals surface area contributed by atoms with Crippen LogP contribution in [0, 0.1) is 0 Å². The van der Waals surface area contributed by atoms with Crippen LogP contribution in [0.1, 0.15) is 31.9 Å². The van der Waals surface area contributed by atoms with Crippen LogP contribution in [0.5, 0.6) is 0 Å². The maximum Gasteiger partial charge on any atom is 0.154 e. The average Bonchev–Trinajstić information content (AvgIpc) is 2.33. The number of nitrogens with zero attached hydrogens (tertiary/aromatic N) is 1. The zero-order valence-corrected chi connectivity index (χ0v) is 12.3. The van der Waals surface area contributed by atoms with Crippen molar-refractivity contribution in [3.05, 3.63) is 48.0 Å². The van der Waals surface area contributed by atoms with Crippen molar-refractivity contribution in [2.45, 2.75) is 31.9 Å². The third kappa shape index (κ3) is 4.96. The Morgan fingerprint density at radius 2 is 1.94 bits per heavy atom. The van der Waals surface area contributed by atoms with Gasteiger partial charge in [-0.1, -0.05) is 62.9 Å².